The van der Waals surface area contributed by atoms with Crippen molar-refractivity contribution in [3.63, 3.8) is 0 Å². The van der Waals surface area contributed by atoms with Gasteiger partial charge in [0.05, 0.1) is 0 Å². The molecule has 0 aliphatic carbocycles. The van der Waals surface area contributed by atoms with Crippen LogP contribution in [0.15, 0.2) is 24.3 Å². The van der Waals surface area contributed by atoms with Crippen LogP contribution in [0.25, 0.3) is 0 Å². The summed E-state index contributed by atoms with van der Waals surface area (Å²) in [6.45, 7) is 4.29. The number of carboxylic acid groups (broad SMARTS) is 1. The van der Waals surface area contributed by atoms with E-state index in [4.69, 9.17) is 0 Å². The van der Waals surface area contributed by atoms with Crippen molar-refractivity contribution < 1.29 is 27.8 Å². The fourth-order valence-electron chi connectivity index (χ4n) is 3.81. The Hall–Kier alpha value is -1.12. The summed E-state index contributed by atoms with van der Waals surface area (Å²) in [6, 6.07) is 5.91. The fourth-order valence-corrected chi connectivity index (χ4v) is 3.81. The van der Waals surface area contributed by atoms with Crippen LogP contribution >= 0.6 is 24.8 Å². The van der Waals surface area contributed by atoms with Gasteiger partial charge in [0, 0.05) is 11.9 Å². The number of ether oxygens (including phenoxy) is 1. The molecule has 1 aliphatic rings. The summed E-state index contributed by atoms with van der Waals surface area (Å²) >= 11 is 0. The fraction of sp³-hybridized carbons (Fsp3) is 0.632. The van der Waals surface area contributed by atoms with Gasteiger partial charge >= 0.3 is 12.3 Å². The minimum atomic E-state index is -4.68. The lowest BCUT2D eigenvalue weighted by Crippen LogP contribution is -2.41. The molecule has 1 aliphatic heterocycles. The summed E-state index contributed by atoms with van der Waals surface area (Å²) in [5.74, 6) is -0.784. The maximum Gasteiger partial charge on any atom is 0.573 e. The van der Waals surface area contributed by atoms with Crippen LogP contribution in [0.5, 0.6) is 5.75 Å². The summed E-state index contributed by atoms with van der Waals surface area (Å²) in [6.07, 6.45) is -0.448. The lowest BCUT2D eigenvalue weighted by molar-refractivity contribution is -0.274. The SMILES string of the molecule is BC(CCCC)(C(=O)O)C1CCN(Cc2ccc(OC(F)(F)F)cc2)CC1.Cl.Cl. The van der Waals surface area contributed by atoms with Gasteiger partial charge in [0.25, 0.3) is 0 Å². The van der Waals surface area contributed by atoms with Crippen LogP contribution in [0.1, 0.15) is 44.6 Å². The van der Waals surface area contributed by atoms with Gasteiger partial charge in [0.1, 0.15) is 13.6 Å². The van der Waals surface area contributed by atoms with Gasteiger partial charge in [-0.1, -0.05) is 31.9 Å². The lowest BCUT2D eigenvalue weighted by Gasteiger charge is -2.40. The molecule has 29 heavy (non-hydrogen) atoms. The van der Waals surface area contributed by atoms with Crippen LogP contribution in [0.4, 0.5) is 13.2 Å². The first-order valence-corrected chi connectivity index (χ1v) is 9.44. The van der Waals surface area contributed by atoms with Crippen molar-refractivity contribution in [2.45, 2.75) is 57.2 Å². The minimum absolute atomic E-state index is 0. The third kappa shape index (κ3) is 8.26. The number of hydrogen-bond acceptors (Lipinski definition) is 3. The number of likely N-dealkylation sites (tertiary alicyclic amines) is 1. The number of rotatable bonds is 8. The number of benzene rings is 1. The van der Waals surface area contributed by atoms with E-state index in [2.05, 4.69) is 16.6 Å². The van der Waals surface area contributed by atoms with Crippen molar-refractivity contribution >= 4 is 38.6 Å². The number of alkyl halides is 3. The number of carboxylic acids is 1. The van der Waals surface area contributed by atoms with Gasteiger partial charge in [0.15, 0.2) is 0 Å². The van der Waals surface area contributed by atoms with E-state index in [0.717, 1.165) is 44.3 Å². The first kappa shape index (κ1) is 27.9. The molecule has 0 radical (unpaired) electrons. The van der Waals surface area contributed by atoms with E-state index >= 15 is 0 Å². The van der Waals surface area contributed by atoms with E-state index in [9.17, 15) is 23.1 Å². The van der Waals surface area contributed by atoms with Crippen molar-refractivity contribution in [1.82, 2.24) is 4.90 Å². The van der Waals surface area contributed by atoms with Crippen molar-refractivity contribution in [3.8, 4) is 5.75 Å². The number of halogens is 5. The lowest BCUT2D eigenvalue weighted by atomic mass is 9.56. The number of unbranched alkanes of at least 4 members (excludes halogenated alkanes) is 1. The molecule has 1 saturated heterocycles. The van der Waals surface area contributed by atoms with Crippen molar-refractivity contribution in [3.05, 3.63) is 29.8 Å². The Labute approximate surface area is 183 Å². The minimum Gasteiger partial charge on any atom is -0.481 e. The molecule has 0 amide bonds. The Balaban J connectivity index is 0.00000392. The maximum absolute atomic E-state index is 12.2. The molecule has 10 heteroatoms. The molecule has 1 aromatic carbocycles. The average Bonchev–Trinajstić information content (AvgIpc) is 2.60. The van der Waals surface area contributed by atoms with Crippen LogP contribution < -0.4 is 4.74 Å². The second-order valence-electron chi connectivity index (χ2n) is 7.57. The van der Waals surface area contributed by atoms with Crippen LogP contribution in [0, 0.1) is 5.92 Å². The Bertz CT molecular complexity index is 626. The molecule has 0 saturated carbocycles. The average molecular weight is 458 g/mol. The summed E-state index contributed by atoms with van der Waals surface area (Å²) < 4.78 is 40.5. The van der Waals surface area contributed by atoms with Gasteiger partial charge in [-0.05, 0) is 56.0 Å². The highest BCUT2D eigenvalue weighted by molar-refractivity contribution is 6.27. The molecule has 0 aromatic heterocycles. The number of piperidine rings is 1. The Kier molecular flexibility index (Phi) is 11.5. The summed E-state index contributed by atoms with van der Waals surface area (Å²) in [7, 11) is 1.87. The molecule has 1 unspecified atom stereocenters. The zero-order valence-electron chi connectivity index (χ0n) is 16.7. The normalized spacial score (nSPS) is 17.5. The van der Waals surface area contributed by atoms with E-state index < -0.39 is 17.6 Å². The van der Waals surface area contributed by atoms with Gasteiger partial charge < -0.3 is 9.84 Å². The maximum atomic E-state index is 12.2. The van der Waals surface area contributed by atoms with Crippen molar-refractivity contribution in [2.24, 2.45) is 5.92 Å². The van der Waals surface area contributed by atoms with Gasteiger partial charge in [-0.3, -0.25) is 9.69 Å². The highest BCUT2D eigenvalue weighted by Gasteiger charge is 2.41. The van der Waals surface area contributed by atoms with Gasteiger partial charge in [-0.15, -0.1) is 38.0 Å². The second kappa shape index (κ2) is 11.9. The number of carbonyl (C=O) groups is 1. The monoisotopic (exact) mass is 457 g/mol. The zero-order chi connectivity index (χ0) is 20.1. The molecule has 0 spiro atoms. The predicted molar refractivity (Wildman–Crippen MR) is 114 cm³/mol. The predicted octanol–water partition coefficient (Wildman–Crippen LogP) is 4.71. The molecule has 166 valence electrons. The molecule has 4 nitrogen and oxygen atoms in total. The number of aliphatic carboxylic acids is 1. The molecule has 1 fully saturated rings. The van der Waals surface area contributed by atoms with E-state index in [1.807, 2.05) is 7.85 Å². The zero-order valence-corrected chi connectivity index (χ0v) is 18.3. The molecular formula is C19H29BCl2F3NO3. The first-order chi connectivity index (χ1) is 12.6. The van der Waals surface area contributed by atoms with Crippen LogP contribution in [-0.4, -0.2) is 43.3 Å². The quantitative estimate of drug-likeness (QED) is 0.574. The second-order valence-corrected chi connectivity index (χ2v) is 7.57. The highest BCUT2D eigenvalue weighted by atomic mass is 35.5. The largest absolute Gasteiger partial charge is 0.573 e. The van der Waals surface area contributed by atoms with Crippen LogP contribution in [0.3, 0.4) is 0 Å². The standard InChI is InChI=1S/C19H27BF3NO3.2ClH/c1-2-3-10-18(20,17(25)26)15-8-11-24(12-9-15)13-14-4-6-16(7-5-14)27-19(21,22)23;;/h4-7,15H,2-3,8-13,20H2,1H3,(H,25,26);2*1H. The van der Waals surface area contributed by atoms with E-state index in [1.165, 1.54) is 12.1 Å². The molecule has 0 bridgehead atoms. The Morgan fingerprint density at radius 3 is 2.21 bits per heavy atom. The highest BCUT2D eigenvalue weighted by Crippen LogP contribution is 2.43. The number of hydrogen-bond donors (Lipinski definition) is 1. The molecule has 1 heterocycles. The van der Waals surface area contributed by atoms with Gasteiger partial charge in [-0.2, -0.15) is 0 Å². The van der Waals surface area contributed by atoms with Gasteiger partial charge in [0.2, 0.25) is 0 Å². The third-order valence-corrected chi connectivity index (χ3v) is 5.59. The Morgan fingerprint density at radius 2 is 1.76 bits per heavy atom. The Morgan fingerprint density at radius 1 is 1.21 bits per heavy atom. The first-order valence-electron chi connectivity index (χ1n) is 9.44. The van der Waals surface area contributed by atoms with Crippen molar-refractivity contribution in [2.75, 3.05) is 13.1 Å². The molecule has 1 N–H and O–H groups in total. The van der Waals surface area contributed by atoms with E-state index in [-0.39, 0.29) is 36.5 Å². The summed E-state index contributed by atoms with van der Waals surface area (Å²) in [5, 5.41) is 9.03. The van der Waals surface area contributed by atoms with E-state index in [1.54, 1.807) is 12.1 Å². The molecular weight excluding hydrogens is 429 g/mol. The molecule has 1 aromatic rings. The van der Waals surface area contributed by atoms with Crippen LogP contribution in [-0.2, 0) is 11.3 Å². The summed E-state index contributed by atoms with van der Waals surface area (Å²) in [5.41, 5.74) is 0.912. The van der Waals surface area contributed by atoms with Crippen molar-refractivity contribution in [1.29, 1.82) is 0 Å². The molecule has 2 rings (SSSR count). The topological polar surface area (TPSA) is 49.8 Å². The van der Waals surface area contributed by atoms with Crippen LogP contribution in [0.2, 0.25) is 5.31 Å². The smallest absolute Gasteiger partial charge is 0.481 e. The van der Waals surface area contributed by atoms with Gasteiger partial charge in [-0.25, -0.2) is 0 Å². The summed E-state index contributed by atoms with van der Waals surface area (Å²) in [4.78, 5) is 14.0. The third-order valence-electron chi connectivity index (χ3n) is 5.59. The number of nitrogens with zero attached hydrogens (tertiary/aromatic N) is 1. The molecule has 1 atom stereocenters. The van der Waals surface area contributed by atoms with E-state index in [0.29, 0.717) is 13.0 Å².